The Morgan fingerprint density at radius 1 is 1.24 bits per heavy atom. The number of rotatable bonds is 6. The van der Waals surface area contributed by atoms with Gasteiger partial charge in [0.1, 0.15) is 0 Å². The van der Waals surface area contributed by atoms with E-state index in [0.29, 0.717) is 5.75 Å². The average Bonchev–Trinajstić information content (AvgIpc) is 3.00. The molecule has 1 N–H and O–H groups in total. The third-order valence-electron chi connectivity index (χ3n) is 3.28. The second-order valence-electron chi connectivity index (χ2n) is 4.95. The maximum atomic E-state index is 12.4. The fourth-order valence-corrected chi connectivity index (χ4v) is 3.63. The molecule has 21 heavy (non-hydrogen) atoms. The molecule has 1 aromatic heterocycles. The van der Waals surface area contributed by atoms with Gasteiger partial charge in [0.25, 0.3) is 0 Å². The molecule has 0 radical (unpaired) electrons. The summed E-state index contributed by atoms with van der Waals surface area (Å²) in [6, 6.07) is 13.4. The van der Waals surface area contributed by atoms with Crippen molar-refractivity contribution in [1.29, 1.82) is 0 Å². The van der Waals surface area contributed by atoms with E-state index in [0.717, 1.165) is 10.4 Å². The van der Waals surface area contributed by atoms with Crippen LogP contribution in [-0.4, -0.2) is 22.1 Å². The molecule has 2 aromatic rings. The molecule has 0 aliphatic carbocycles. The molecule has 3 nitrogen and oxygen atoms in total. The quantitative estimate of drug-likeness (QED) is 0.889. The lowest BCUT2D eigenvalue weighted by Crippen LogP contribution is -2.34. The lowest BCUT2D eigenvalue weighted by Gasteiger charge is -2.20. The fourth-order valence-electron chi connectivity index (χ4n) is 2.10. The molecule has 1 amide bonds. The lowest BCUT2D eigenvalue weighted by atomic mass is 10.1. The largest absolute Gasteiger partial charge is 0.348 e. The highest BCUT2D eigenvalue weighted by Gasteiger charge is 2.21. The van der Waals surface area contributed by atoms with Crippen LogP contribution in [0.3, 0.4) is 0 Å². The molecule has 0 spiro atoms. The van der Waals surface area contributed by atoms with Crippen molar-refractivity contribution in [3.63, 3.8) is 0 Å². The van der Waals surface area contributed by atoms with Crippen molar-refractivity contribution in [2.24, 2.45) is 0 Å². The zero-order chi connectivity index (χ0) is 15.2. The molecular formula is C16H19NO2S2. The van der Waals surface area contributed by atoms with Crippen LogP contribution in [0.2, 0.25) is 0 Å². The first kappa shape index (κ1) is 15.9. The Bertz CT molecular complexity index is 596. The standard InChI is InChI=1S/C16H19NO2S2/c1-12(15-9-6-10-20-15)16(18)17-14(11-21(2)19)13-7-4-3-5-8-13/h3-10,12,14H,11H2,1-2H3,(H,17,18). The summed E-state index contributed by atoms with van der Waals surface area (Å²) in [7, 11) is -0.975. The van der Waals surface area contributed by atoms with Crippen molar-refractivity contribution in [2.75, 3.05) is 12.0 Å². The molecule has 5 heteroatoms. The van der Waals surface area contributed by atoms with Crippen molar-refractivity contribution < 1.29 is 9.00 Å². The van der Waals surface area contributed by atoms with Gasteiger partial charge in [0.15, 0.2) is 0 Å². The summed E-state index contributed by atoms with van der Waals surface area (Å²) in [5.41, 5.74) is 0.986. The Kier molecular flexibility index (Phi) is 5.70. The number of hydrogen-bond donors (Lipinski definition) is 1. The van der Waals surface area contributed by atoms with Gasteiger partial charge in [-0.25, -0.2) is 0 Å². The Hall–Kier alpha value is -1.46. The first-order valence-corrected chi connectivity index (χ1v) is 9.37. The minimum atomic E-state index is -0.975. The summed E-state index contributed by atoms with van der Waals surface area (Å²) >= 11 is 1.58. The molecule has 112 valence electrons. The summed E-state index contributed by atoms with van der Waals surface area (Å²) in [6.07, 6.45) is 1.66. The van der Waals surface area contributed by atoms with Gasteiger partial charge in [0.05, 0.1) is 12.0 Å². The van der Waals surface area contributed by atoms with E-state index < -0.39 is 10.8 Å². The predicted molar refractivity (Wildman–Crippen MR) is 89.0 cm³/mol. The number of amides is 1. The highest BCUT2D eigenvalue weighted by atomic mass is 32.2. The second-order valence-corrected chi connectivity index (χ2v) is 7.41. The van der Waals surface area contributed by atoms with Gasteiger partial charge in [-0.1, -0.05) is 36.4 Å². The van der Waals surface area contributed by atoms with E-state index in [2.05, 4.69) is 5.32 Å². The number of nitrogens with one attached hydrogen (secondary N) is 1. The molecule has 1 aromatic carbocycles. The van der Waals surface area contributed by atoms with E-state index in [-0.39, 0.29) is 17.9 Å². The van der Waals surface area contributed by atoms with E-state index in [1.807, 2.05) is 54.8 Å². The van der Waals surface area contributed by atoms with Crippen LogP contribution in [0.1, 0.15) is 29.3 Å². The topological polar surface area (TPSA) is 46.2 Å². The van der Waals surface area contributed by atoms with Crippen molar-refractivity contribution in [3.8, 4) is 0 Å². The number of benzene rings is 1. The minimum Gasteiger partial charge on any atom is -0.348 e. The van der Waals surface area contributed by atoms with E-state index in [1.54, 1.807) is 17.6 Å². The number of carbonyl (C=O) groups is 1. The molecule has 3 unspecified atom stereocenters. The van der Waals surface area contributed by atoms with E-state index in [4.69, 9.17) is 0 Å². The van der Waals surface area contributed by atoms with Gasteiger partial charge in [0.2, 0.25) is 5.91 Å². The van der Waals surface area contributed by atoms with Crippen molar-refractivity contribution in [1.82, 2.24) is 5.32 Å². The number of hydrogen-bond acceptors (Lipinski definition) is 3. The van der Waals surface area contributed by atoms with Gasteiger partial charge >= 0.3 is 0 Å². The van der Waals surface area contributed by atoms with Crippen LogP contribution in [0.4, 0.5) is 0 Å². The van der Waals surface area contributed by atoms with Gasteiger partial charge in [-0.15, -0.1) is 11.3 Å². The smallest absolute Gasteiger partial charge is 0.228 e. The summed E-state index contributed by atoms with van der Waals surface area (Å²) in [6.45, 7) is 1.89. The Balaban J connectivity index is 2.11. The Morgan fingerprint density at radius 3 is 2.52 bits per heavy atom. The van der Waals surface area contributed by atoms with Crippen LogP contribution >= 0.6 is 11.3 Å². The van der Waals surface area contributed by atoms with Crippen molar-refractivity contribution in [3.05, 3.63) is 58.3 Å². The zero-order valence-electron chi connectivity index (χ0n) is 12.1. The summed E-state index contributed by atoms with van der Waals surface area (Å²) in [5.74, 6) is 0.200. The van der Waals surface area contributed by atoms with Crippen molar-refractivity contribution in [2.45, 2.75) is 18.9 Å². The van der Waals surface area contributed by atoms with Gasteiger partial charge in [0, 0.05) is 27.7 Å². The van der Waals surface area contributed by atoms with Gasteiger partial charge in [-0.2, -0.15) is 0 Å². The van der Waals surface area contributed by atoms with Crippen LogP contribution in [0.5, 0.6) is 0 Å². The van der Waals surface area contributed by atoms with Crippen molar-refractivity contribution >= 4 is 28.0 Å². The molecule has 0 aliphatic rings. The highest BCUT2D eigenvalue weighted by molar-refractivity contribution is 7.84. The van der Waals surface area contributed by atoms with Crippen LogP contribution in [0.15, 0.2) is 47.8 Å². The Labute approximate surface area is 131 Å². The minimum absolute atomic E-state index is 0.0308. The van der Waals surface area contributed by atoms with E-state index >= 15 is 0 Å². The maximum absolute atomic E-state index is 12.4. The first-order valence-electron chi connectivity index (χ1n) is 6.76. The molecule has 0 saturated heterocycles. The lowest BCUT2D eigenvalue weighted by molar-refractivity contribution is -0.122. The Morgan fingerprint density at radius 2 is 1.95 bits per heavy atom. The van der Waals surface area contributed by atoms with Gasteiger partial charge in [-0.05, 0) is 23.9 Å². The molecule has 1 heterocycles. The normalized spacial score (nSPS) is 15.1. The van der Waals surface area contributed by atoms with E-state index in [9.17, 15) is 9.00 Å². The number of carbonyl (C=O) groups excluding carboxylic acids is 1. The summed E-state index contributed by atoms with van der Waals surface area (Å²) in [5, 5.41) is 4.99. The van der Waals surface area contributed by atoms with Crippen LogP contribution in [0.25, 0.3) is 0 Å². The second kappa shape index (κ2) is 7.52. The molecule has 0 saturated carbocycles. The molecule has 0 bridgehead atoms. The SMILES string of the molecule is CC(C(=O)NC(CS(C)=O)c1ccccc1)c1cccs1. The molecule has 0 aliphatic heterocycles. The van der Waals surface area contributed by atoms with Crippen LogP contribution in [0, 0.1) is 0 Å². The molecule has 0 fully saturated rings. The van der Waals surface area contributed by atoms with Crippen LogP contribution in [-0.2, 0) is 15.6 Å². The fraction of sp³-hybridized carbons (Fsp3) is 0.312. The molecule has 2 rings (SSSR count). The van der Waals surface area contributed by atoms with E-state index in [1.165, 1.54) is 0 Å². The van der Waals surface area contributed by atoms with Gasteiger partial charge < -0.3 is 5.32 Å². The first-order chi connectivity index (χ1) is 10.1. The highest BCUT2D eigenvalue weighted by Crippen LogP contribution is 2.22. The van der Waals surface area contributed by atoms with Crippen LogP contribution < -0.4 is 5.32 Å². The molecular weight excluding hydrogens is 302 g/mol. The summed E-state index contributed by atoms with van der Waals surface area (Å²) < 4.78 is 11.6. The molecule has 3 atom stereocenters. The summed E-state index contributed by atoms with van der Waals surface area (Å²) in [4.78, 5) is 13.4. The average molecular weight is 321 g/mol. The third-order valence-corrected chi connectivity index (χ3v) is 5.14. The maximum Gasteiger partial charge on any atom is 0.228 e. The number of thiophene rings is 1. The predicted octanol–water partition coefficient (Wildman–Crippen LogP) is 3.09. The van der Waals surface area contributed by atoms with Gasteiger partial charge in [-0.3, -0.25) is 9.00 Å². The monoisotopic (exact) mass is 321 g/mol. The zero-order valence-corrected chi connectivity index (χ0v) is 13.7. The third kappa shape index (κ3) is 4.51.